The van der Waals surface area contributed by atoms with E-state index in [4.69, 9.17) is 5.73 Å². The van der Waals surface area contributed by atoms with Gasteiger partial charge in [-0.2, -0.15) is 0 Å². The molecule has 2 rings (SSSR count). The van der Waals surface area contributed by atoms with Gasteiger partial charge in [0.1, 0.15) is 0 Å². The van der Waals surface area contributed by atoms with Gasteiger partial charge in [-0.3, -0.25) is 4.98 Å². The Morgan fingerprint density at radius 1 is 1.26 bits per heavy atom. The lowest BCUT2D eigenvalue weighted by molar-refractivity contribution is 0.152. The largest absolute Gasteiger partial charge is 0.399 e. The van der Waals surface area contributed by atoms with Crippen LogP contribution in [0.2, 0.25) is 0 Å². The van der Waals surface area contributed by atoms with Gasteiger partial charge in [0.15, 0.2) is 0 Å². The van der Waals surface area contributed by atoms with Gasteiger partial charge < -0.3 is 10.6 Å². The average molecular weight is 263 g/mol. The molecule has 1 heterocycles. The van der Waals surface area contributed by atoms with E-state index in [1.165, 1.54) is 6.07 Å². The molecule has 0 unspecified atom stereocenters. The van der Waals surface area contributed by atoms with E-state index in [1.54, 1.807) is 30.3 Å². The number of aromatic nitrogens is 1. The molecule has 0 saturated heterocycles. The van der Waals surface area contributed by atoms with E-state index >= 15 is 0 Å². The Balaban J connectivity index is 2.26. The minimum Gasteiger partial charge on any atom is -0.399 e. The summed E-state index contributed by atoms with van der Waals surface area (Å²) in [5.41, 5.74) is 7.12. The predicted molar refractivity (Wildman–Crippen MR) is 72.2 cm³/mol. The smallest absolute Gasteiger partial charge is 0.265 e. The highest BCUT2D eigenvalue weighted by Crippen LogP contribution is 2.31. The average Bonchev–Trinajstić information content (AvgIpc) is 2.39. The van der Waals surface area contributed by atoms with E-state index in [2.05, 4.69) is 4.98 Å². The first kappa shape index (κ1) is 13.3. The lowest BCUT2D eigenvalue weighted by Gasteiger charge is -2.22. The highest BCUT2D eigenvalue weighted by atomic mass is 19.3. The molecule has 0 fully saturated rings. The van der Waals surface area contributed by atoms with Crippen LogP contribution in [0, 0.1) is 0 Å². The maximum absolute atomic E-state index is 13.0. The normalized spacial score (nSPS) is 10.7. The number of pyridine rings is 1. The van der Waals surface area contributed by atoms with Gasteiger partial charge >= 0.3 is 0 Å². The molecule has 0 radical (unpaired) electrons. The predicted octanol–water partition coefficient (Wildman–Crippen LogP) is 3.24. The first-order valence-corrected chi connectivity index (χ1v) is 5.86. The summed E-state index contributed by atoms with van der Waals surface area (Å²) in [5.74, 6) is 0. The van der Waals surface area contributed by atoms with E-state index in [-0.39, 0.29) is 5.56 Å². The molecule has 0 aliphatic heterocycles. The summed E-state index contributed by atoms with van der Waals surface area (Å²) in [6, 6.07) is 10.1. The Morgan fingerprint density at radius 3 is 2.68 bits per heavy atom. The topological polar surface area (TPSA) is 42.2 Å². The van der Waals surface area contributed by atoms with Crippen LogP contribution < -0.4 is 10.6 Å². The van der Waals surface area contributed by atoms with Crippen LogP contribution in [0.3, 0.4) is 0 Å². The number of anilines is 2. The number of nitrogen functional groups attached to an aromatic ring is 1. The summed E-state index contributed by atoms with van der Waals surface area (Å²) in [5, 5.41) is 0. The molecule has 0 spiro atoms. The first-order valence-electron chi connectivity index (χ1n) is 5.86. The third-order valence-corrected chi connectivity index (χ3v) is 2.82. The van der Waals surface area contributed by atoms with E-state index in [0.717, 1.165) is 5.69 Å². The number of alkyl halides is 2. The van der Waals surface area contributed by atoms with E-state index in [1.807, 2.05) is 18.2 Å². The maximum Gasteiger partial charge on any atom is 0.265 e. The standard InChI is InChI=1S/C14H15F2N3/c1-19(9-11-4-2-3-7-18-11)13-6-5-10(17)8-12(13)14(15)16/h2-8,14H,9,17H2,1H3. The summed E-state index contributed by atoms with van der Waals surface area (Å²) in [4.78, 5) is 5.92. The minimum atomic E-state index is -2.55. The second-order valence-electron chi connectivity index (χ2n) is 4.30. The Labute approximate surface area is 110 Å². The quantitative estimate of drug-likeness (QED) is 0.861. The van der Waals surface area contributed by atoms with Crippen molar-refractivity contribution in [2.24, 2.45) is 0 Å². The molecule has 0 saturated carbocycles. The second-order valence-corrected chi connectivity index (χ2v) is 4.30. The van der Waals surface area contributed by atoms with Crippen molar-refractivity contribution >= 4 is 11.4 Å². The number of nitrogens with two attached hydrogens (primary N) is 1. The van der Waals surface area contributed by atoms with Crippen molar-refractivity contribution in [1.82, 2.24) is 4.98 Å². The summed E-state index contributed by atoms with van der Waals surface area (Å²) < 4.78 is 26.0. The molecule has 3 nitrogen and oxygen atoms in total. The molecule has 1 aromatic carbocycles. The van der Waals surface area contributed by atoms with E-state index in [9.17, 15) is 8.78 Å². The number of nitrogens with zero attached hydrogens (tertiary/aromatic N) is 2. The summed E-state index contributed by atoms with van der Waals surface area (Å²) in [6.45, 7) is 0.463. The molecule has 19 heavy (non-hydrogen) atoms. The SMILES string of the molecule is CN(Cc1ccccn1)c1ccc(N)cc1C(F)F. The number of hydrogen-bond donors (Lipinski definition) is 1. The van der Waals surface area contributed by atoms with Gasteiger partial charge in [-0.25, -0.2) is 8.78 Å². The van der Waals surface area contributed by atoms with E-state index in [0.29, 0.717) is 17.9 Å². The maximum atomic E-state index is 13.0. The Bertz CT molecular complexity index is 544. The molecule has 0 aliphatic carbocycles. The van der Waals surface area contributed by atoms with Crippen molar-refractivity contribution in [3.05, 3.63) is 53.9 Å². The van der Waals surface area contributed by atoms with Gasteiger partial charge in [0.2, 0.25) is 0 Å². The number of halogens is 2. The van der Waals surface area contributed by atoms with Crippen LogP contribution in [0.25, 0.3) is 0 Å². The first-order chi connectivity index (χ1) is 9.08. The van der Waals surface area contributed by atoms with Gasteiger partial charge in [-0.15, -0.1) is 0 Å². The zero-order valence-corrected chi connectivity index (χ0v) is 10.6. The van der Waals surface area contributed by atoms with Gasteiger partial charge in [0, 0.05) is 30.2 Å². The lowest BCUT2D eigenvalue weighted by Crippen LogP contribution is -2.19. The highest BCUT2D eigenvalue weighted by molar-refractivity contribution is 5.59. The van der Waals surface area contributed by atoms with Gasteiger partial charge in [0.05, 0.1) is 12.2 Å². The molecule has 0 atom stereocenters. The van der Waals surface area contributed by atoms with Crippen LogP contribution in [0.4, 0.5) is 20.2 Å². The van der Waals surface area contributed by atoms with Crippen LogP contribution in [0.1, 0.15) is 17.7 Å². The fourth-order valence-corrected chi connectivity index (χ4v) is 1.92. The van der Waals surface area contributed by atoms with Crippen LogP contribution >= 0.6 is 0 Å². The van der Waals surface area contributed by atoms with Crippen molar-refractivity contribution in [2.45, 2.75) is 13.0 Å². The van der Waals surface area contributed by atoms with E-state index < -0.39 is 6.43 Å². The van der Waals surface area contributed by atoms with Crippen molar-refractivity contribution in [3.8, 4) is 0 Å². The van der Waals surface area contributed by atoms with Gasteiger partial charge in [-0.05, 0) is 30.3 Å². The number of hydrogen-bond acceptors (Lipinski definition) is 3. The third kappa shape index (κ3) is 3.19. The van der Waals surface area contributed by atoms with Crippen molar-refractivity contribution < 1.29 is 8.78 Å². The number of rotatable bonds is 4. The van der Waals surface area contributed by atoms with Crippen molar-refractivity contribution in [3.63, 3.8) is 0 Å². The summed E-state index contributed by atoms with van der Waals surface area (Å²) in [7, 11) is 1.76. The fraction of sp³-hybridized carbons (Fsp3) is 0.214. The molecule has 2 aromatic rings. The van der Waals surface area contributed by atoms with Crippen LogP contribution in [-0.4, -0.2) is 12.0 Å². The molecular formula is C14H15F2N3. The minimum absolute atomic E-state index is 0.0570. The summed E-state index contributed by atoms with van der Waals surface area (Å²) >= 11 is 0. The van der Waals surface area contributed by atoms with Crippen molar-refractivity contribution in [2.75, 3.05) is 17.7 Å². The monoisotopic (exact) mass is 263 g/mol. The Hall–Kier alpha value is -2.17. The molecular weight excluding hydrogens is 248 g/mol. The molecule has 1 aromatic heterocycles. The highest BCUT2D eigenvalue weighted by Gasteiger charge is 2.16. The molecule has 0 aliphatic rings. The fourth-order valence-electron chi connectivity index (χ4n) is 1.92. The molecule has 100 valence electrons. The zero-order valence-electron chi connectivity index (χ0n) is 10.6. The third-order valence-electron chi connectivity index (χ3n) is 2.82. The van der Waals surface area contributed by atoms with Gasteiger partial charge in [-0.1, -0.05) is 6.07 Å². The lowest BCUT2D eigenvalue weighted by atomic mass is 10.1. The van der Waals surface area contributed by atoms with Gasteiger partial charge in [0.25, 0.3) is 6.43 Å². The Morgan fingerprint density at radius 2 is 2.05 bits per heavy atom. The van der Waals surface area contributed by atoms with Crippen LogP contribution in [0.5, 0.6) is 0 Å². The second kappa shape index (κ2) is 5.65. The molecule has 0 amide bonds. The zero-order chi connectivity index (χ0) is 13.8. The molecule has 0 bridgehead atoms. The molecule has 2 N–H and O–H groups in total. The van der Waals surface area contributed by atoms with Crippen LogP contribution in [-0.2, 0) is 6.54 Å². The van der Waals surface area contributed by atoms with Crippen LogP contribution in [0.15, 0.2) is 42.6 Å². The summed E-state index contributed by atoms with van der Waals surface area (Å²) in [6.07, 6.45) is -0.870. The molecule has 5 heteroatoms. The number of benzene rings is 1. The Kier molecular flexibility index (Phi) is 3.94. The van der Waals surface area contributed by atoms with Crippen molar-refractivity contribution in [1.29, 1.82) is 0 Å².